The van der Waals surface area contributed by atoms with Gasteiger partial charge < -0.3 is 14.8 Å². The van der Waals surface area contributed by atoms with Crippen LogP contribution in [0.2, 0.25) is 0 Å². The van der Waals surface area contributed by atoms with Crippen molar-refractivity contribution in [3.63, 3.8) is 0 Å². The summed E-state index contributed by atoms with van der Waals surface area (Å²) in [7, 11) is 3.24. The SMILES string of the molecule is CCNC(c1ccc(OC)c(F)c1)C1(OC)CCCC1. The number of likely N-dealkylation sites (N-methyl/N-ethyl adjacent to an activating group) is 1. The summed E-state index contributed by atoms with van der Waals surface area (Å²) in [5.74, 6) is -0.0426. The molecule has 0 aromatic heterocycles. The summed E-state index contributed by atoms with van der Waals surface area (Å²) in [5, 5.41) is 3.46. The molecule has 1 unspecified atom stereocenters. The molecule has 20 heavy (non-hydrogen) atoms. The summed E-state index contributed by atoms with van der Waals surface area (Å²) in [6.07, 6.45) is 4.34. The summed E-state index contributed by atoms with van der Waals surface area (Å²) < 4.78 is 24.8. The highest BCUT2D eigenvalue weighted by Gasteiger charge is 2.42. The summed E-state index contributed by atoms with van der Waals surface area (Å²) in [4.78, 5) is 0. The molecule has 0 aliphatic heterocycles. The van der Waals surface area contributed by atoms with Gasteiger partial charge in [-0.05, 0) is 37.1 Å². The average molecular weight is 281 g/mol. The zero-order valence-corrected chi connectivity index (χ0v) is 12.5. The Morgan fingerprint density at radius 1 is 1.30 bits per heavy atom. The third kappa shape index (κ3) is 2.81. The van der Waals surface area contributed by atoms with Gasteiger partial charge in [-0.1, -0.05) is 25.8 Å². The van der Waals surface area contributed by atoms with Crippen LogP contribution in [0.3, 0.4) is 0 Å². The molecule has 4 heteroatoms. The van der Waals surface area contributed by atoms with Gasteiger partial charge in [0.1, 0.15) is 0 Å². The second kappa shape index (κ2) is 6.55. The van der Waals surface area contributed by atoms with Gasteiger partial charge in [-0.3, -0.25) is 0 Å². The summed E-state index contributed by atoms with van der Waals surface area (Å²) >= 11 is 0. The predicted molar refractivity (Wildman–Crippen MR) is 77.6 cm³/mol. The molecule has 1 N–H and O–H groups in total. The Hall–Kier alpha value is -1.13. The van der Waals surface area contributed by atoms with Crippen LogP contribution in [0.25, 0.3) is 0 Å². The van der Waals surface area contributed by atoms with Crippen LogP contribution in [0.4, 0.5) is 4.39 Å². The van der Waals surface area contributed by atoms with E-state index >= 15 is 0 Å². The van der Waals surface area contributed by atoms with Crippen LogP contribution >= 0.6 is 0 Å². The lowest BCUT2D eigenvalue weighted by atomic mass is 9.86. The van der Waals surface area contributed by atoms with Crippen molar-refractivity contribution in [2.45, 2.75) is 44.2 Å². The number of methoxy groups -OCH3 is 2. The van der Waals surface area contributed by atoms with Crippen LogP contribution in [0.1, 0.15) is 44.2 Å². The number of halogens is 1. The van der Waals surface area contributed by atoms with Crippen molar-refractivity contribution in [2.24, 2.45) is 0 Å². The monoisotopic (exact) mass is 281 g/mol. The van der Waals surface area contributed by atoms with Crippen molar-refractivity contribution in [1.82, 2.24) is 5.32 Å². The summed E-state index contributed by atoms with van der Waals surface area (Å²) in [6, 6.07) is 5.19. The minimum absolute atomic E-state index is 0.0143. The molecule has 0 bridgehead atoms. The second-order valence-corrected chi connectivity index (χ2v) is 5.36. The molecule has 1 aromatic rings. The largest absolute Gasteiger partial charge is 0.494 e. The van der Waals surface area contributed by atoms with Gasteiger partial charge in [0.25, 0.3) is 0 Å². The van der Waals surface area contributed by atoms with Crippen molar-refractivity contribution in [3.8, 4) is 5.75 Å². The predicted octanol–water partition coefficient (Wildman–Crippen LogP) is 3.44. The number of ether oxygens (including phenoxy) is 2. The molecule has 1 aliphatic rings. The van der Waals surface area contributed by atoms with Crippen LogP contribution in [-0.4, -0.2) is 26.4 Å². The quantitative estimate of drug-likeness (QED) is 0.866. The minimum Gasteiger partial charge on any atom is -0.494 e. The highest BCUT2D eigenvalue weighted by molar-refractivity contribution is 5.32. The van der Waals surface area contributed by atoms with Gasteiger partial charge in [-0.15, -0.1) is 0 Å². The molecule has 0 amide bonds. The van der Waals surface area contributed by atoms with Crippen molar-refractivity contribution < 1.29 is 13.9 Å². The lowest BCUT2D eigenvalue weighted by Gasteiger charge is -2.37. The molecule has 0 heterocycles. The van der Waals surface area contributed by atoms with Gasteiger partial charge in [-0.2, -0.15) is 0 Å². The lowest BCUT2D eigenvalue weighted by Crippen LogP contribution is -2.43. The van der Waals surface area contributed by atoms with Gasteiger partial charge in [-0.25, -0.2) is 4.39 Å². The van der Waals surface area contributed by atoms with Crippen LogP contribution in [0, 0.1) is 5.82 Å². The third-order valence-corrected chi connectivity index (χ3v) is 4.30. The fraction of sp³-hybridized carbons (Fsp3) is 0.625. The van der Waals surface area contributed by atoms with Gasteiger partial charge in [0, 0.05) is 7.11 Å². The van der Waals surface area contributed by atoms with E-state index in [2.05, 4.69) is 12.2 Å². The van der Waals surface area contributed by atoms with E-state index in [0.717, 1.165) is 37.8 Å². The van der Waals surface area contributed by atoms with Crippen molar-refractivity contribution in [3.05, 3.63) is 29.6 Å². The standard InChI is InChI=1S/C16H24FNO2/c1-4-18-15(16(20-3)9-5-6-10-16)12-7-8-14(19-2)13(17)11-12/h7-8,11,15,18H,4-6,9-10H2,1-3H3. The van der Waals surface area contributed by atoms with Gasteiger partial charge in [0.15, 0.2) is 11.6 Å². The fourth-order valence-corrected chi connectivity index (χ4v) is 3.26. The maximum atomic E-state index is 14.0. The molecule has 0 saturated heterocycles. The number of nitrogens with one attached hydrogen (secondary N) is 1. The molecule has 0 radical (unpaired) electrons. The first-order chi connectivity index (χ1) is 9.66. The van der Waals surface area contributed by atoms with Gasteiger partial charge >= 0.3 is 0 Å². The molecule has 3 nitrogen and oxygen atoms in total. The van der Waals surface area contributed by atoms with Crippen molar-refractivity contribution >= 4 is 0 Å². The minimum atomic E-state index is -0.322. The highest BCUT2D eigenvalue weighted by Crippen LogP contribution is 2.43. The first-order valence-electron chi connectivity index (χ1n) is 7.29. The molecular weight excluding hydrogens is 257 g/mol. The van der Waals surface area contributed by atoms with E-state index in [1.165, 1.54) is 7.11 Å². The zero-order chi connectivity index (χ0) is 14.6. The van der Waals surface area contributed by atoms with E-state index in [9.17, 15) is 4.39 Å². The number of rotatable bonds is 6. The van der Waals surface area contributed by atoms with E-state index in [1.54, 1.807) is 19.2 Å². The molecular formula is C16H24FNO2. The third-order valence-electron chi connectivity index (χ3n) is 4.30. The molecule has 1 atom stereocenters. The van der Waals surface area contributed by atoms with E-state index in [1.807, 2.05) is 6.07 Å². The van der Waals surface area contributed by atoms with Crippen LogP contribution in [-0.2, 0) is 4.74 Å². The Bertz CT molecular complexity index is 444. The van der Waals surface area contributed by atoms with Gasteiger partial charge in [0.05, 0.1) is 18.8 Å². The first-order valence-corrected chi connectivity index (χ1v) is 7.29. The summed E-state index contributed by atoms with van der Waals surface area (Å²) in [6.45, 7) is 2.88. The Balaban J connectivity index is 2.35. The topological polar surface area (TPSA) is 30.5 Å². The lowest BCUT2D eigenvalue weighted by molar-refractivity contribution is -0.0364. The Morgan fingerprint density at radius 3 is 2.50 bits per heavy atom. The molecule has 1 fully saturated rings. The molecule has 2 rings (SSSR count). The highest BCUT2D eigenvalue weighted by atomic mass is 19.1. The van der Waals surface area contributed by atoms with Crippen LogP contribution in [0.15, 0.2) is 18.2 Å². The Kier molecular flexibility index (Phi) is 5.00. The summed E-state index contributed by atoms with van der Waals surface area (Å²) in [5.41, 5.74) is 0.700. The van der Waals surface area contributed by atoms with E-state index in [-0.39, 0.29) is 23.2 Å². The van der Waals surface area contributed by atoms with E-state index < -0.39 is 0 Å². The first kappa shape index (κ1) is 15.3. The molecule has 1 saturated carbocycles. The van der Waals surface area contributed by atoms with Crippen LogP contribution in [0.5, 0.6) is 5.75 Å². The smallest absolute Gasteiger partial charge is 0.165 e. The second-order valence-electron chi connectivity index (χ2n) is 5.36. The van der Waals surface area contributed by atoms with Crippen LogP contribution < -0.4 is 10.1 Å². The maximum absolute atomic E-state index is 14.0. The van der Waals surface area contributed by atoms with Crippen molar-refractivity contribution in [2.75, 3.05) is 20.8 Å². The maximum Gasteiger partial charge on any atom is 0.165 e. The molecule has 1 aromatic carbocycles. The molecule has 0 spiro atoms. The van der Waals surface area contributed by atoms with E-state index in [4.69, 9.17) is 9.47 Å². The number of hydrogen-bond donors (Lipinski definition) is 1. The fourth-order valence-electron chi connectivity index (χ4n) is 3.26. The van der Waals surface area contributed by atoms with Crippen molar-refractivity contribution in [1.29, 1.82) is 0 Å². The Morgan fingerprint density at radius 2 is 2.00 bits per heavy atom. The molecule has 112 valence electrons. The van der Waals surface area contributed by atoms with Gasteiger partial charge in [0.2, 0.25) is 0 Å². The molecule has 1 aliphatic carbocycles. The number of hydrogen-bond acceptors (Lipinski definition) is 3. The Labute approximate surface area is 120 Å². The zero-order valence-electron chi connectivity index (χ0n) is 12.5. The normalized spacial score (nSPS) is 19.0. The average Bonchev–Trinajstić information content (AvgIpc) is 2.94. The number of benzene rings is 1. The van der Waals surface area contributed by atoms with E-state index in [0.29, 0.717) is 0 Å².